The molecule has 3 aromatic rings. The molecule has 35 heavy (non-hydrogen) atoms. The second kappa shape index (κ2) is 11.4. The first-order valence-electron chi connectivity index (χ1n) is 12.6. The molecule has 0 aliphatic heterocycles. The Morgan fingerprint density at radius 2 is 1.71 bits per heavy atom. The largest absolute Gasteiger partial charge is 0.380 e. The number of hydrogen-bond acceptors (Lipinski definition) is 4. The van der Waals surface area contributed by atoms with Crippen molar-refractivity contribution in [3.63, 3.8) is 0 Å². The summed E-state index contributed by atoms with van der Waals surface area (Å²) < 4.78 is 2.13. The third-order valence-electron chi connectivity index (χ3n) is 6.62. The topological polar surface area (TPSA) is 80.3 Å². The fraction of sp³-hybridized carbons (Fsp3) is 0.379. The zero-order valence-electron chi connectivity index (χ0n) is 21.2. The highest BCUT2D eigenvalue weighted by molar-refractivity contribution is 5.95. The molecular weight excluding hydrogens is 432 g/mol. The van der Waals surface area contributed by atoms with Gasteiger partial charge in [0.2, 0.25) is 0 Å². The van der Waals surface area contributed by atoms with Gasteiger partial charge < -0.3 is 20.9 Å². The quantitative estimate of drug-likeness (QED) is 0.279. The van der Waals surface area contributed by atoms with Gasteiger partial charge in [0, 0.05) is 18.6 Å². The number of aromatic nitrogens is 2. The lowest BCUT2D eigenvalue weighted by atomic mass is 9.92. The van der Waals surface area contributed by atoms with Gasteiger partial charge in [0.1, 0.15) is 11.5 Å². The van der Waals surface area contributed by atoms with E-state index < -0.39 is 0 Å². The van der Waals surface area contributed by atoms with Crippen LogP contribution >= 0.6 is 0 Å². The van der Waals surface area contributed by atoms with Gasteiger partial charge in [0.25, 0.3) is 0 Å². The molecule has 0 amide bonds. The second-order valence-electron chi connectivity index (χ2n) is 9.75. The van der Waals surface area contributed by atoms with Crippen molar-refractivity contribution in [2.75, 3.05) is 5.32 Å². The summed E-state index contributed by atoms with van der Waals surface area (Å²) in [5, 5.41) is 6.98. The molecule has 2 aromatic carbocycles. The van der Waals surface area contributed by atoms with Gasteiger partial charge in [-0.15, -0.1) is 0 Å². The van der Waals surface area contributed by atoms with E-state index in [0.717, 1.165) is 48.7 Å². The Balaban J connectivity index is 1.43. The van der Waals surface area contributed by atoms with Crippen LogP contribution in [0.15, 0.2) is 72.5 Å². The molecule has 0 spiro atoms. The average molecular weight is 471 g/mol. The molecule has 0 saturated heterocycles. The smallest absolute Gasteiger partial charge is 0.141 e. The molecule has 4 rings (SSSR count). The molecule has 0 unspecified atom stereocenters. The van der Waals surface area contributed by atoms with Gasteiger partial charge in [-0.25, -0.2) is 4.98 Å². The SMILES string of the molecule is C=C(NCc1ccc(-c2ccccc2)cc1)c1ncn(C(C)C)c1NC(C)=NC1CCC(N)CC1. The summed E-state index contributed by atoms with van der Waals surface area (Å²) in [4.78, 5) is 9.61. The van der Waals surface area contributed by atoms with E-state index in [1.165, 1.54) is 16.7 Å². The number of rotatable bonds is 8. The van der Waals surface area contributed by atoms with E-state index in [-0.39, 0.29) is 6.04 Å². The molecule has 0 radical (unpaired) electrons. The highest BCUT2D eigenvalue weighted by Crippen LogP contribution is 2.26. The summed E-state index contributed by atoms with van der Waals surface area (Å²) in [5.74, 6) is 1.82. The molecule has 6 heteroatoms. The zero-order valence-corrected chi connectivity index (χ0v) is 21.2. The van der Waals surface area contributed by atoms with E-state index in [2.05, 4.69) is 89.1 Å². The maximum Gasteiger partial charge on any atom is 0.141 e. The summed E-state index contributed by atoms with van der Waals surface area (Å²) in [6, 6.07) is 20.0. The van der Waals surface area contributed by atoms with Crippen LogP contribution < -0.4 is 16.4 Å². The van der Waals surface area contributed by atoms with Gasteiger partial charge in [-0.3, -0.25) is 4.99 Å². The summed E-state index contributed by atoms with van der Waals surface area (Å²) in [7, 11) is 0. The van der Waals surface area contributed by atoms with E-state index >= 15 is 0 Å². The molecule has 0 bridgehead atoms. The first-order chi connectivity index (χ1) is 16.9. The maximum atomic E-state index is 6.06. The van der Waals surface area contributed by atoms with E-state index in [9.17, 15) is 0 Å². The van der Waals surface area contributed by atoms with Crippen molar-refractivity contribution in [3.8, 4) is 11.1 Å². The molecule has 1 aliphatic rings. The van der Waals surface area contributed by atoms with Crippen molar-refractivity contribution in [2.24, 2.45) is 10.7 Å². The predicted molar refractivity (Wildman–Crippen MR) is 147 cm³/mol. The van der Waals surface area contributed by atoms with E-state index in [1.54, 1.807) is 0 Å². The number of nitrogens with two attached hydrogens (primary N) is 1. The average Bonchev–Trinajstić information content (AvgIpc) is 3.28. The summed E-state index contributed by atoms with van der Waals surface area (Å²) in [5.41, 5.74) is 11.3. The number of aliphatic imine (C=N–C) groups is 1. The van der Waals surface area contributed by atoms with Crippen LogP contribution in [-0.4, -0.2) is 27.5 Å². The Kier molecular flexibility index (Phi) is 8.03. The van der Waals surface area contributed by atoms with Crippen LogP contribution in [0.1, 0.15) is 63.8 Å². The lowest BCUT2D eigenvalue weighted by molar-refractivity contribution is 0.396. The Bertz CT molecular complexity index is 1140. The van der Waals surface area contributed by atoms with Crippen LogP contribution in [0.2, 0.25) is 0 Å². The van der Waals surface area contributed by atoms with Gasteiger partial charge in [0.15, 0.2) is 0 Å². The number of imidazole rings is 1. The number of amidine groups is 1. The molecule has 6 nitrogen and oxygen atoms in total. The van der Waals surface area contributed by atoms with Crippen molar-refractivity contribution in [1.82, 2.24) is 14.9 Å². The number of nitrogens with one attached hydrogen (secondary N) is 2. The van der Waals surface area contributed by atoms with Crippen LogP contribution in [0.25, 0.3) is 16.8 Å². The fourth-order valence-electron chi connectivity index (χ4n) is 4.54. The van der Waals surface area contributed by atoms with Crippen molar-refractivity contribution in [2.45, 2.75) is 71.1 Å². The van der Waals surface area contributed by atoms with Gasteiger partial charge in [-0.1, -0.05) is 61.2 Å². The Hall–Kier alpha value is -3.38. The van der Waals surface area contributed by atoms with Crippen LogP contribution in [0.5, 0.6) is 0 Å². The zero-order chi connectivity index (χ0) is 24.8. The van der Waals surface area contributed by atoms with E-state index in [0.29, 0.717) is 18.6 Å². The molecule has 1 fully saturated rings. The molecule has 184 valence electrons. The fourth-order valence-corrected chi connectivity index (χ4v) is 4.54. The lowest BCUT2D eigenvalue weighted by Gasteiger charge is -2.24. The Labute approximate surface area is 209 Å². The first kappa shape index (κ1) is 24.7. The third-order valence-corrected chi connectivity index (χ3v) is 6.62. The lowest BCUT2D eigenvalue weighted by Crippen LogP contribution is -2.29. The highest BCUT2D eigenvalue weighted by atomic mass is 15.2. The summed E-state index contributed by atoms with van der Waals surface area (Å²) in [6.45, 7) is 11.3. The molecule has 1 aromatic heterocycles. The normalized spacial score (nSPS) is 18.5. The van der Waals surface area contributed by atoms with Gasteiger partial charge >= 0.3 is 0 Å². The summed E-state index contributed by atoms with van der Waals surface area (Å²) in [6.07, 6.45) is 6.06. The monoisotopic (exact) mass is 470 g/mol. The molecular formula is C29H38N6. The number of nitrogens with zero attached hydrogens (tertiary/aromatic N) is 3. The molecule has 0 atom stereocenters. The number of anilines is 1. The van der Waals surface area contributed by atoms with E-state index in [4.69, 9.17) is 10.7 Å². The first-order valence-corrected chi connectivity index (χ1v) is 12.6. The van der Waals surface area contributed by atoms with Crippen LogP contribution in [0, 0.1) is 0 Å². The molecule has 1 aliphatic carbocycles. The highest BCUT2D eigenvalue weighted by Gasteiger charge is 2.20. The van der Waals surface area contributed by atoms with Gasteiger partial charge in [-0.05, 0) is 63.1 Å². The van der Waals surface area contributed by atoms with Crippen LogP contribution in [0.4, 0.5) is 5.82 Å². The minimum Gasteiger partial charge on any atom is -0.380 e. The van der Waals surface area contributed by atoms with Crippen LogP contribution in [-0.2, 0) is 6.54 Å². The molecule has 1 saturated carbocycles. The molecule has 4 N–H and O–H groups in total. The maximum absolute atomic E-state index is 6.06. The second-order valence-corrected chi connectivity index (χ2v) is 9.75. The van der Waals surface area contributed by atoms with Crippen molar-refractivity contribution in [1.29, 1.82) is 0 Å². The predicted octanol–water partition coefficient (Wildman–Crippen LogP) is 5.99. The standard InChI is InChI=1S/C29H38N6/c1-20(2)35-19-32-28(29(35)34-22(4)33-27-16-14-26(30)15-17-27)21(3)31-18-23-10-12-25(13-11-23)24-8-6-5-7-9-24/h5-13,19-20,26-27,31H,3,14-18,30H2,1-2,4H3,(H,33,34). The third kappa shape index (κ3) is 6.40. The Morgan fingerprint density at radius 1 is 1.06 bits per heavy atom. The van der Waals surface area contributed by atoms with Crippen molar-refractivity contribution in [3.05, 3.63) is 78.8 Å². The van der Waals surface area contributed by atoms with Crippen molar-refractivity contribution < 1.29 is 0 Å². The number of benzene rings is 2. The van der Waals surface area contributed by atoms with Gasteiger partial charge in [0.05, 0.1) is 23.9 Å². The minimum atomic E-state index is 0.262. The number of hydrogen-bond donors (Lipinski definition) is 3. The summed E-state index contributed by atoms with van der Waals surface area (Å²) >= 11 is 0. The van der Waals surface area contributed by atoms with Crippen molar-refractivity contribution >= 4 is 17.4 Å². The van der Waals surface area contributed by atoms with Gasteiger partial charge in [-0.2, -0.15) is 0 Å². The van der Waals surface area contributed by atoms with E-state index in [1.807, 2.05) is 19.3 Å². The van der Waals surface area contributed by atoms with Crippen LogP contribution in [0.3, 0.4) is 0 Å². The minimum absolute atomic E-state index is 0.262. The Morgan fingerprint density at radius 3 is 2.37 bits per heavy atom. The molecule has 1 heterocycles.